The number of amides is 1. The Morgan fingerprint density at radius 1 is 1.10 bits per heavy atom. The van der Waals surface area contributed by atoms with Gasteiger partial charge in [-0.25, -0.2) is 4.98 Å². The minimum atomic E-state index is -0.0782. The Labute approximate surface area is 174 Å². The summed E-state index contributed by atoms with van der Waals surface area (Å²) < 4.78 is 1.71. The van der Waals surface area contributed by atoms with E-state index in [1.807, 2.05) is 48.5 Å². The molecule has 0 aliphatic heterocycles. The molecule has 0 saturated carbocycles. The third-order valence-electron chi connectivity index (χ3n) is 4.55. The Kier molecular flexibility index (Phi) is 7.43. The van der Waals surface area contributed by atoms with E-state index >= 15 is 0 Å². The number of carbonyl (C=O) groups excluding carboxylic acids is 1. The number of quaternary nitrogens is 1. The van der Waals surface area contributed by atoms with Gasteiger partial charge >= 0.3 is 0 Å². The summed E-state index contributed by atoms with van der Waals surface area (Å²) in [5, 5.41) is 4.13. The van der Waals surface area contributed by atoms with E-state index in [1.165, 1.54) is 16.7 Å². The number of hydrogen-bond donors (Lipinski definition) is 2. The number of carbonyl (C=O) groups is 1. The van der Waals surface area contributed by atoms with Crippen LogP contribution in [0.15, 0.2) is 64.5 Å². The van der Waals surface area contributed by atoms with Gasteiger partial charge in [-0.05, 0) is 17.7 Å². The number of nitrogens with zero attached hydrogens (tertiary/aromatic N) is 2. The Morgan fingerprint density at radius 3 is 2.59 bits per heavy atom. The lowest BCUT2D eigenvalue weighted by Gasteiger charge is -2.14. The van der Waals surface area contributed by atoms with Crippen LogP contribution in [0.1, 0.15) is 12.0 Å². The average Bonchev–Trinajstić information content (AvgIpc) is 2.73. The van der Waals surface area contributed by atoms with Crippen molar-refractivity contribution in [2.45, 2.75) is 24.7 Å². The molecule has 0 radical (unpaired) electrons. The molecule has 6 nitrogen and oxygen atoms in total. The van der Waals surface area contributed by atoms with Gasteiger partial charge in [0.2, 0.25) is 5.91 Å². The highest BCUT2D eigenvalue weighted by atomic mass is 32.2. The summed E-state index contributed by atoms with van der Waals surface area (Å²) in [5.41, 5.74) is 1.67. The molecule has 0 unspecified atom stereocenters. The standard InChI is InChI=1S/C22H26N4O2S/c1-25(2)13-8-14-26-21(28)18-11-6-7-12-19(18)24-22(26)29-16-20(27)23-15-17-9-4-3-5-10-17/h3-7,9-12H,8,13-16H2,1-2H3,(H,23,27)/p+1. The van der Waals surface area contributed by atoms with Crippen molar-refractivity contribution >= 4 is 28.6 Å². The van der Waals surface area contributed by atoms with Gasteiger partial charge in [-0.1, -0.05) is 54.2 Å². The lowest BCUT2D eigenvalue weighted by molar-refractivity contribution is -0.858. The second-order valence-electron chi connectivity index (χ2n) is 7.23. The zero-order valence-electron chi connectivity index (χ0n) is 16.9. The topological polar surface area (TPSA) is 68.4 Å². The molecule has 29 heavy (non-hydrogen) atoms. The van der Waals surface area contributed by atoms with Crippen LogP contribution in [-0.2, 0) is 17.9 Å². The van der Waals surface area contributed by atoms with Gasteiger partial charge in [-0.3, -0.25) is 14.2 Å². The lowest BCUT2D eigenvalue weighted by Crippen LogP contribution is -3.05. The molecule has 0 atom stereocenters. The van der Waals surface area contributed by atoms with Crippen molar-refractivity contribution in [3.05, 3.63) is 70.5 Å². The predicted molar refractivity (Wildman–Crippen MR) is 117 cm³/mol. The fourth-order valence-electron chi connectivity index (χ4n) is 3.02. The summed E-state index contributed by atoms with van der Waals surface area (Å²) in [4.78, 5) is 31.3. The molecule has 2 N–H and O–H groups in total. The Bertz CT molecular complexity index is 1020. The van der Waals surface area contributed by atoms with Crippen molar-refractivity contribution in [3.8, 4) is 0 Å². The van der Waals surface area contributed by atoms with Crippen LogP contribution in [0.5, 0.6) is 0 Å². The van der Waals surface area contributed by atoms with E-state index in [2.05, 4.69) is 24.4 Å². The number of fused-ring (bicyclic) bond motifs is 1. The quantitative estimate of drug-likeness (QED) is 0.412. The first-order valence-electron chi connectivity index (χ1n) is 9.76. The normalized spacial score (nSPS) is 11.1. The maximum absolute atomic E-state index is 13.0. The fraction of sp³-hybridized carbons (Fsp3) is 0.318. The van der Waals surface area contributed by atoms with E-state index in [9.17, 15) is 9.59 Å². The number of hydrogen-bond acceptors (Lipinski definition) is 4. The Hall–Kier alpha value is -2.64. The summed E-state index contributed by atoms with van der Waals surface area (Å²) in [6.07, 6.45) is 0.871. The molecule has 1 amide bonds. The van der Waals surface area contributed by atoms with Gasteiger partial charge in [-0.15, -0.1) is 0 Å². The van der Waals surface area contributed by atoms with Crippen molar-refractivity contribution in [3.63, 3.8) is 0 Å². The van der Waals surface area contributed by atoms with Gasteiger partial charge in [0.25, 0.3) is 5.56 Å². The molecule has 2 aromatic carbocycles. The van der Waals surface area contributed by atoms with Crippen LogP contribution in [0.2, 0.25) is 0 Å². The summed E-state index contributed by atoms with van der Waals surface area (Å²) in [5.74, 6) is 0.141. The van der Waals surface area contributed by atoms with Gasteiger partial charge in [0.1, 0.15) is 0 Å². The molecule has 0 spiro atoms. The Morgan fingerprint density at radius 2 is 1.83 bits per heavy atom. The molecule has 1 aromatic heterocycles. The molecule has 152 valence electrons. The van der Waals surface area contributed by atoms with Crippen molar-refractivity contribution < 1.29 is 9.69 Å². The minimum Gasteiger partial charge on any atom is -0.351 e. The van der Waals surface area contributed by atoms with Crippen molar-refractivity contribution in [2.24, 2.45) is 0 Å². The van der Waals surface area contributed by atoms with Crippen LogP contribution in [0.3, 0.4) is 0 Å². The molecular formula is C22H27N4O2S+. The van der Waals surface area contributed by atoms with Crippen LogP contribution in [0.25, 0.3) is 10.9 Å². The van der Waals surface area contributed by atoms with E-state index in [-0.39, 0.29) is 17.2 Å². The second kappa shape index (κ2) is 10.2. The summed E-state index contributed by atoms with van der Waals surface area (Å²) in [7, 11) is 4.18. The van der Waals surface area contributed by atoms with E-state index in [0.29, 0.717) is 29.1 Å². The van der Waals surface area contributed by atoms with Crippen molar-refractivity contribution in [1.82, 2.24) is 14.9 Å². The van der Waals surface area contributed by atoms with Crippen LogP contribution < -0.4 is 15.8 Å². The van der Waals surface area contributed by atoms with Gasteiger partial charge < -0.3 is 10.2 Å². The largest absolute Gasteiger partial charge is 0.351 e. The third kappa shape index (κ3) is 5.92. The zero-order chi connectivity index (χ0) is 20.6. The van der Waals surface area contributed by atoms with Crippen LogP contribution in [0, 0.1) is 0 Å². The van der Waals surface area contributed by atoms with E-state index in [4.69, 9.17) is 0 Å². The predicted octanol–water partition coefficient (Wildman–Crippen LogP) is 1.34. The number of rotatable bonds is 9. The Balaban J connectivity index is 1.72. The molecule has 3 rings (SSSR count). The number of nitrogens with one attached hydrogen (secondary N) is 2. The van der Waals surface area contributed by atoms with Crippen molar-refractivity contribution in [2.75, 3.05) is 26.4 Å². The molecular weight excluding hydrogens is 384 g/mol. The molecule has 0 fully saturated rings. The highest BCUT2D eigenvalue weighted by Gasteiger charge is 2.13. The number of aromatic nitrogens is 2. The summed E-state index contributed by atoms with van der Waals surface area (Å²) >= 11 is 1.31. The fourth-order valence-corrected chi connectivity index (χ4v) is 3.88. The molecule has 0 aliphatic rings. The average molecular weight is 412 g/mol. The number of para-hydroxylation sites is 1. The van der Waals surface area contributed by atoms with E-state index in [1.54, 1.807) is 10.6 Å². The third-order valence-corrected chi connectivity index (χ3v) is 5.53. The lowest BCUT2D eigenvalue weighted by atomic mass is 10.2. The first kappa shape index (κ1) is 21.1. The van der Waals surface area contributed by atoms with Crippen molar-refractivity contribution in [1.29, 1.82) is 0 Å². The van der Waals surface area contributed by atoms with Gasteiger partial charge in [-0.2, -0.15) is 0 Å². The summed E-state index contributed by atoms with van der Waals surface area (Å²) in [6, 6.07) is 17.2. The second-order valence-corrected chi connectivity index (χ2v) is 8.17. The smallest absolute Gasteiger partial charge is 0.262 e. The molecule has 7 heteroatoms. The first-order chi connectivity index (χ1) is 14.0. The maximum Gasteiger partial charge on any atom is 0.262 e. The molecule has 3 aromatic rings. The molecule has 0 bridgehead atoms. The highest BCUT2D eigenvalue weighted by Crippen LogP contribution is 2.18. The maximum atomic E-state index is 13.0. The van der Waals surface area contributed by atoms with Gasteiger partial charge in [0, 0.05) is 19.5 Å². The summed E-state index contributed by atoms with van der Waals surface area (Å²) in [6.45, 7) is 2.04. The highest BCUT2D eigenvalue weighted by molar-refractivity contribution is 7.99. The molecule has 0 saturated heterocycles. The molecule has 0 aliphatic carbocycles. The zero-order valence-corrected chi connectivity index (χ0v) is 17.7. The monoisotopic (exact) mass is 411 g/mol. The SMILES string of the molecule is C[NH+](C)CCCn1c(SCC(=O)NCc2ccccc2)nc2ccccc2c1=O. The van der Waals surface area contributed by atoms with E-state index < -0.39 is 0 Å². The molecule has 1 heterocycles. The van der Waals surface area contributed by atoms with Gasteiger partial charge in [0.15, 0.2) is 5.16 Å². The number of thioether (sulfide) groups is 1. The van der Waals surface area contributed by atoms with Gasteiger partial charge in [0.05, 0.1) is 37.3 Å². The van der Waals surface area contributed by atoms with E-state index in [0.717, 1.165) is 18.5 Å². The number of benzene rings is 2. The van der Waals surface area contributed by atoms with Crippen LogP contribution in [0.4, 0.5) is 0 Å². The minimum absolute atomic E-state index is 0.0449. The van der Waals surface area contributed by atoms with Crippen LogP contribution in [-0.4, -0.2) is 41.9 Å². The first-order valence-corrected chi connectivity index (χ1v) is 10.7. The van der Waals surface area contributed by atoms with Crippen LogP contribution >= 0.6 is 11.8 Å².